The number of aromatic nitrogens is 3. The maximum absolute atomic E-state index is 14.0. The van der Waals surface area contributed by atoms with E-state index in [0.29, 0.717) is 5.03 Å². The van der Waals surface area contributed by atoms with Crippen LogP contribution in [0.15, 0.2) is 29.3 Å². The lowest BCUT2D eigenvalue weighted by molar-refractivity contribution is 0.432. The molecule has 0 spiro atoms. The van der Waals surface area contributed by atoms with Gasteiger partial charge in [-0.25, -0.2) is 13.8 Å². The van der Waals surface area contributed by atoms with Gasteiger partial charge in [0.15, 0.2) is 17.3 Å². The second-order valence-corrected chi connectivity index (χ2v) is 6.13. The Bertz CT molecular complexity index is 984. The summed E-state index contributed by atoms with van der Waals surface area (Å²) in [4.78, 5) is 4.26. The second kappa shape index (κ2) is 6.30. The first-order chi connectivity index (χ1) is 11.5. The first kappa shape index (κ1) is 16.5. The van der Waals surface area contributed by atoms with Gasteiger partial charge in [0, 0.05) is 11.6 Å². The van der Waals surface area contributed by atoms with E-state index in [9.17, 15) is 19.1 Å². The highest BCUT2D eigenvalue weighted by Crippen LogP contribution is 2.33. The zero-order valence-electron chi connectivity index (χ0n) is 12.2. The summed E-state index contributed by atoms with van der Waals surface area (Å²) in [5.74, 6) is -2.30. The van der Waals surface area contributed by atoms with Gasteiger partial charge in [0.2, 0.25) is 5.88 Å². The molecule has 1 aromatic carbocycles. The second-order valence-electron chi connectivity index (χ2n) is 4.82. The largest absolute Gasteiger partial charge is 0.493 e. The Balaban J connectivity index is 2.20. The topological polar surface area (TPSA) is 74.2 Å². The predicted octanol–water partition coefficient (Wildman–Crippen LogP) is 3.33. The van der Waals surface area contributed by atoms with Crippen molar-refractivity contribution in [1.29, 1.82) is 5.26 Å². The molecule has 0 amide bonds. The molecule has 0 radical (unpaired) electrons. The van der Waals surface area contributed by atoms with E-state index in [4.69, 9.17) is 0 Å². The Labute approximate surface area is 145 Å². The summed E-state index contributed by atoms with van der Waals surface area (Å²) in [7, 11) is 0. The Morgan fingerprint density at radius 2 is 2.17 bits per heavy atom. The van der Waals surface area contributed by atoms with Crippen molar-refractivity contribution in [1.82, 2.24) is 14.6 Å². The van der Waals surface area contributed by atoms with Crippen LogP contribution in [0.25, 0.3) is 5.65 Å². The molecule has 3 aromatic rings. The molecule has 2 aromatic heterocycles. The zero-order chi connectivity index (χ0) is 17.4. The Kier molecular flexibility index (Phi) is 4.34. The standard InChI is InChI=1S/C15H10F2N4OS2/c1-24-15-8(6-18)14-19-10(5-11(22)21(14)20-15)13(23)7-3-2-4-9(16)12(7)17/h2-5,13,22-23H,1H3. The lowest BCUT2D eigenvalue weighted by atomic mass is 10.1. The molecule has 0 aliphatic rings. The van der Waals surface area contributed by atoms with E-state index in [1.807, 2.05) is 6.07 Å². The number of thiol groups is 1. The molecule has 0 saturated carbocycles. The Morgan fingerprint density at radius 3 is 2.83 bits per heavy atom. The van der Waals surface area contributed by atoms with Crippen molar-refractivity contribution in [2.75, 3.05) is 6.26 Å². The van der Waals surface area contributed by atoms with Crippen molar-refractivity contribution < 1.29 is 13.9 Å². The van der Waals surface area contributed by atoms with Gasteiger partial charge in [-0.2, -0.15) is 27.5 Å². The number of benzene rings is 1. The summed E-state index contributed by atoms with van der Waals surface area (Å²) >= 11 is 5.53. The molecular formula is C15H10F2N4OS2. The van der Waals surface area contributed by atoms with Crippen LogP contribution in [0.5, 0.6) is 5.88 Å². The van der Waals surface area contributed by atoms with E-state index < -0.39 is 16.9 Å². The molecule has 24 heavy (non-hydrogen) atoms. The first-order valence-electron chi connectivity index (χ1n) is 6.66. The van der Waals surface area contributed by atoms with Gasteiger partial charge in [-0.1, -0.05) is 12.1 Å². The minimum Gasteiger partial charge on any atom is -0.493 e. The number of hydrogen-bond donors (Lipinski definition) is 2. The average Bonchev–Trinajstić information content (AvgIpc) is 2.95. The van der Waals surface area contributed by atoms with Crippen LogP contribution in [-0.2, 0) is 0 Å². The van der Waals surface area contributed by atoms with Crippen molar-refractivity contribution >= 4 is 30.0 Å². The molecular weight excluding hydrogens is 354 g/mol. The Hall–Kier alpha value is -2.31. The molecule has 2 heterocycles. The quantitative estimate of drug-likeness (QED) is 0.551. The molecule has 0 aliphatic carbocycles. The summed E-state index contributed by atoms with van der Waals surface area (Å²) in [6, 6.07) is 6.99. The maximum atomic E-state index is 14.0. The van der Waals surface area contributed by atoms with Crippen LogP contribution in [0.1, 0.15) is 22.1 Å². The number of nitrogens with zero attached hydrogens (tertiary/aromatic N) is 4. The maximum Gasteiger partial charge on any atom is 0.215 e. The number of aromatic hydroxyl groups is 1. The molecule has 1 N–H and O–H groups in total. The molecule has 0 fully saturated rings. The minimum absolute atomic E-state index is 0.0160. The van der Waals surface area contributed by atoms with Crippen LogP contribution in [0.3, 0.4) is 0 Å². The number of fused-ring (bicyclic) bond motifs is 1. The SMILES string of the molecule is CSc1nn2c(O)cc(C(S)c3cccc(F)c3F)nc2c1C#N. The number of hydrogen-bond acceptors (Lipinski definition) is 6. The molecule has 3 rings (SSSR count). The van der Waals surface area contributed by atoms with E-state index in [-0.39, 0.29) is 28.3 Å². The third-order valence-corrected chi connectivity index (χ3v) is 4.63. The van der Waals surface area contributed by atoms with Crippen LogP contribution in [0, 0.1) is 23.0 Å². The van der Waals surface area contributed by atoms with Crippen molar-refractivity contribution in [2.45, 2.75) is 10.3 Å². The Morgan fingerprint density at radius 1 is 1.42 bits per heavy atom. The number of rotatable bonds is 3. The van der Waals surface area contributed by atoms with E-state index in [0.717, 1.165) is 10.6 Å². The van der Waals surface area contributed by atoms with Gasteiger partial charge in [0.1, 0.15) is 16.7 Å². The van der Waals surface area contributed by atoms with Gasteiger partial charge in [0.05, 0.1) is 10.9 Å². The highest BCUT2D eigenvalue weighted by Gasteiger charge is 2.22. The predicted molar refractivity (Wildman–Crippen MR) is 88.3 cm³/mol. The lowest BCUT2D eigenvalue weighted by Gasteiger charge is -2.13. The zero-order valence-corrected chi connectivity index (χ0v) is 13.9. The fourth-order valence-electron chi connectivity index (χ4n) is 2.27. The minimum atomic E-state index is -1.03. The van der Waals surface area contributed by atoms with Crippen LogP contribution in [-0.4, -0.2) is 26.0 Å². The van der Waals surface area contributed by atoms with Gasteiger partial charge in [-0.15, -0.1) is 11.8 Å². The normalized spacial score (nSPS) is 12.3. The molecule has 9 heteroatoms. The van der Waals surface area contributed by atoms with E-state index in [1.165, 1.54) is 30.0 Å². The molecule has 1 unspecified atom stereocenters. The first-order valence-corrected chi connectivity index (χ1v) is 8.40. The van der Waals surface area contributed by atoms with Gasteiger partial charge < -0.3 is 5.11 Å². The molecule has 0 bridgehead atoms. The third kappa shape index (κ3) is 2.57. The molecule has 122 valence electrons. The third-order valence-electron chi connectivity index (χ3n) is 3.42. The fraction of sp³-hybridized carbons (Fsp3) is 0.133. The summed E-state index contributed by atoms with van der Waals surface area (Å²) in [6.07, 6.45) is 1.74. The summed E-state index contributed by atoms with van der Waals surface area (Å²) in [5.41, 5.74) is 0.488. The van der Waals surface area contributed by atoms with Crippen molar-refractivity contribution in [3.8, 4) is 11.9 Å². The van der Waals surface area contributed by atoms with Crippen LogP contribution in [0.4, 0.5) is 8.78 Å². The van der Waals surface area contributed by atoms with Crippen molar-refractivity contribution in [3.63, 3.8) is 0 Å². The fourth-order valence-corrected chi connectivity index (χ4v) is 3.11. The van der Waals surface area contributed by atoms with Gasteiger partial charge in [0.25, 0.3) is 0 Å². The summed E-state index contributed by atoms with van der Waals surface area (Å²) < 4.78 is 28.5. The monoisotopic (exact) mass is 364 g/mol. The molecule has 0 saturated heterocycles. The summed E-state index contributed by atoms with van der Waals surface area (Å²) in [5, 5.41) is 23.0. The van der Waals surface area contributed by atoms with E-state index in [1.54, 1.807) is 6.26 Å². The van der Waals surface area contributed by atoms with Crippen LogP contribution in [0.2, 0.25) is 0 Å². The molecule has 0 aliphatic heterocycles. The van der Waals surface area contributed by atoms with Gasteiger partial charge in [-0.3, -0.25) is 0 Å². The van der Waals surface area contributed by atoms with Gasteiger partial charge >= 0.3 is 0 Å². The summed E-state index contributed by atoms with van der Waals surface area (Å²) in [6.45, 7) is 0. The van der Waals surface area contributed by atoms with E-state index in [2.05, 4.69) is 22.7 Å². The van der Waals surface area contributed by atoms with Crippen LogP contribution >= 0.6 is 24.4 Å². The highest BCUT2D eigenvalue weighted by atomic mass is 32.2. The number of nitriles is 1. The smallest absolute Gasteiger partial charge is 0.215 e. The number of halogens is 2. The molecule has 1 atom stereocenters. The van der Waals surface area contributed by atoms with Crippen molar-refractivity contribution in [3.05, 3.63) is 52.7 Å². The van der Waals surface area contributed by atoms with Crippen molar-refractivity contribution in [2.24, 2.45) is 0 Å². The van der Waals surface area contributed by atoms with Gasteiger partial charge in [-0.05, 0) is 12.3 Å². The average molecular weight is 364 g/mol. The lowest BCUT2D eigenvalue weighted by Crippen LogP contribution is -2.04. The van der Waals surface area contributed by atoms with Crippen LogP contribution < -0.4 is 0 Å². The van der Waals surface area contributed by atoms with E-state index >= 15 is 0 Å². The number of thioether (sulfide) groups is 1. The molecule has 5 nitrogen and oxygen atoms in total. The highest BCUT2D eigenvalue weighted by molar-refractivity contribution is 7.98.